The molecule has 1 saturated heterocycles. The van der Waals surface area contributed by atoms with E-state index in [9.17, 15) is 5.11 Å². The minimum atomic E-state index is -0.0440. The van der Waals surface area contributed by atoms with Gasteiger partial charge < -0.3 is 9.84 Å². The summed E-state index contributed by atoms with van der Waals surface area (Å²) in [6.07, 6.45) is 2.35. The fourth-order valence-corrected chi connectivity index (χ4v) is 4.58. The first kappa shape index (κ1) is 15.4. The maximum absolute atomic E-state index is 10.8. The van der Waals surface area contributed by atoms with Crippen molar-refractivity contribution in [1.29, 1.82) is 0 Å². The number of nitrogens with zero attached hydrogens (tertiary/aromatic N) is 4. The Labute approximate surface area is 144 Å². The van der Waals surface area contributed by atoms with E-state index in [1.165, 1.54) is 28.7 Å². The topological polar surface area (TPSA) is 62.9 Å². The van der Waals surface area contributed by atoms with Crippen molar-refractivity contribution in [2.75, 3.05) is 20.2 Å². The van der Waals surface area contributed by atoms with Crippen LogP contribution in [0.4, 0.5) is 0 Å². The number of aromatic hydroxyl groups is 1. The van der Waals surface area contributed by atoms with E-state index in [2.05, 4.69) is 21.0 Å². The first-order valence-corrected chi connectivity index (χ1v) is 8.92. The minimum absolute atomic E-state index is 0.0440. The number of benzene rings is 1. The van der Waals surface area contributed by atoms with Crippen molar-refractivity contribution in [3.8, 4) is 11.6 Å². The monoisotopic (exact) mass is 344 g/mol. The Balaban J connectivity index is 1.88. The molecule has 1 aliphatic heterocycles. The minimum Gasteiger partial charge on any atom is -0.496 e. The largest absolute Gasteiger partial charge is 0.496 e. The van der Waals surface area contributed by atoms with E-state index in [0.29, 0.717) is 5.82 Å². The number of aryl methyl sites for hydroxylation is 1. The number of ether oxygens (including phenoxy) is 1. The van der Waals surface area contributed by atoms with Crippen LogP contribution in [0.1, 0.15) is 35.1 Å². The average Bonchev–Trinajstić information content (AvgIpc) is 3.29. The first-order valence-electron chi connectivity index (χ1n) is 8.11. The van der Waals surface area contributed by atoms with Gasteiger partial charge in [-0.15, -0.1) is 5.10 Å². The number of hydrogen-bond donors (Lipinski definition) is 1. The number of thiazole rings is 1. The van der Waals surface area contributed by atoms with Crippen LogP contribution in [-0.4, -0.2) is 44.8 Å². The van der Waals surface area contributed by atoms with E-state index in [4.69, 9.17) is 4.74 Å². The highest BCUT2D eigenvalue weighted by Gasteiger charge is 2.32. The highest BCUT2D eigenvalue weighted by atomic mass is 32.1. The van der Waals surface area contributed by atoms with Gasteiger partial charge >= 0.3 is 0 Å². The maximum atomic E-state index is 10.8. The zero-order chi connectivity index (χ0) is 16.7. The van der Waals surface area contributed by atoms with E-state index < -0.39 is 0 Å². The molecular formula is C17H20N4O2S. The number of para-hydroxylation sites is 1. The summed E-state index contributed by atoms with van der Waals surface area (Å²) in [5.74, 6) is 1.68. The van der Waals surface area contributed by atoms with Crippen molar-refractivity contribution in [1.82, 2.24) is 19.5 Å². The molecule has 0 amide bonds. The molecule has 1 N–H and O–H groups in total. The fraction of sp³-hybridized carbons (Fsp3) is 0.412. The van der Waals surface area contributed by atoms with Gasteiger partial charge in [0, 0.05) is 5.56 Å². The third-order valence-corrected chi connectivity index (χ3v) is 5.57. The highest BCUT2D eigenvalue weighted by Crippen LogP contribution is 2.43. The Morgan fingerprint density at radius 1 is 1.25 bits per heavy atom. The lowest BCUT2D eigenvalue weighted by Gasteiger charge is -2.28. The highest BCUT2D eigenvalue weighted by molar-refractivity contribution is 7.17. The van der Waals surface area contributed by atoms with Crippen molar-refractivity contribution in [2.24, 2.45) is 0 Å². The van der Waals surface area contributed by atoms with E-state index in [1.807, 2.05) is 25.1 Å². The van der Waals surface area contributed by atoms with Gasteiger partial charge in [-0.2, -0.15) is 4.52 Å². The van der Waals surface area contributed by atoms with Gasteiger partial charge in [0.15, 0.2) is 0 Å². The van der Waals surface area contributed by atoms with Gasteiger partial charge in [0.1, 0.15) is 11.6 Å². The number of aromatic nitrogens is 3. The molecule has 126 valence electrons. The molecule has 2 aromatic heterocycles. The number of likely N-dealkylation sites (tertiary alicyclic amines) is 1. The number of fused-ring (bicyclic) bond motifs is 1. The van der Waals surface area contributed by atoms with Crippen molar-refractivity contribution < 1.29 is 9.84 Å². The van der Waals surface area contributed by atoms with Crippen LogP contribution in [0.2, 0.25) is 0 Å². The Morgan fingerprint density at radius 2 is 2.00 bits per heavy atom. The summed E-state index contributed by atoms with van der Waals surface area (Å²) in [7, 11) is 1.69. The summed E-state index contributed by atoms with van der Waals surface area (Å²) in [6.45, 7) is 3.85. The molecule has 0 unspecified atom stereocenters. The van der Waals surface area contributed by atoms with Crippen LogP contribution in [-0.2, 0) is 0 Å². The van der Waals surface area contributed by atoms with E-state index in [-0.39, 0.29) is 11.9 Å². The maximum Gasteiger partial charge on any atom is 0.230 e. The lowest BCUT2D eigenvalue weighted by atomic mass is 10.0. The summed E-state index contributed by atoms with van der Waals surface area (Å²) in [4.78, 5) is 8.39. The smallest absolute Gasteiger partial charge is 0.230 e. The molecule has 3 heterocycles. The Morgan fingerprint density at radius 3 is 2.71 bits per heavy atom. The number of hydrogen-bond acceptors (Lipinski definition) is 6. The van der Waals surface area contributed by atoms with Crippen LogP contribution >= 0.6 is 11.3 Å². The van der Waals surface area contributed by atoms with Crippen molar-refractivity contribution in [3.63, 3.8) is 0 Å². The average molecular weight is 344 g/mol. The summed E-state index contributed by atoms with van der Waals surface area (Å²) in [5.41, 5.74) is 1.07. The number of methoxy groups -OCH3 is 1. The summed E-state index contributed by atoms with van der Waals surface area (Å²) >= 11 is 1.50. The van der Waals surface area contributed by atoms with Gasteiger partial charge in [0.05, 0.1) is 18.0 Å². The molecule has 6 nitrogen and oxygen atoms in total. The molecule has 0 radical (unpaired) electrons. The molecule has 0 aliphatic carbocycles. The van der Waals surface area contributed by atoms with Crippen LogP contribution in [0.3, 0.4) is 0 Å². The third-order valence-electron chi connectivity index (χ3n) is 4.49. The standard InChI is InChI=1S/C17H20N4O2S/c1-11-18-17-21(19-11)16(22)15(24-17)14(20-9-5-6-10-20)12-7-3-4-8-13(12)23-2/h3-4,7-8,14,22H,5-6,9-10H2,1-2H3/t14-/m0/s1. The molecule has 0 spiro atoms. The molecule has 1 fully saturated rings. The quantitative estimate of drug-likeness (QED) is 0.788. The van der Waals surface area contributed by atoms with Crippen molar-refractivity contribution in [3.05, 3.63) is 40.5 Å². The summed E-state index contributed by atoms with van der Waals surface area (Å²) in [5, 5.41) is 15.1. The molecule has 1 atom stereocenters. The SMILES string of the molecule is COc1ccccc1[C@@H](c1sc2nc(C)nn2c1O)N1CCCC1. The first-order chi connectivity index (χ1) is 11.7. The molecular weight excluding hydrogens is 324 g/mol. The van der Waals surface area contributed by atoms with Gasteiger partial charge in [-0.1, -0.05) is 29.5 Å². The van der Waals surface area contributed by atoms with Crippen molar-refractivity contribution in [2.45, 2.75) is 25.8 Å². The molecule has 0 bridgehead atoms. The van der Waals surface area contributed by atoms with E-state index >= 15 is 0 Å². The van der Waals surface area contributed by atoms with Crippen LogP contribution in [0, 0.1) is 6.92 Å². The lowest BCUT2D eigenvalue weighted by molar-refractivity contribution is 0.270. The Hall–Kier alpha value is -2.12. The second-order valence-corrected chi connectivity index (χ2v) is 7.04. The lowest BCUT2D eigenvalue weighted by Crippen LogP contribution is -2.26. The second kappa shape index (κ2) is 6.07. The Kier molecular flexibility index (Phi) is 3.90. The van der Waals surface area contributed by atoms with Crippen LogP contribution < -0.4 is 4.74 Å². The second-order valence-electron chi connectivity index (χ2n) is 6.03. The predicted octanol–water partition coefficient (Wildman–Crippen LogP) is 3.00. The zero-order valence-electron chi connectivity index (χ0n) is 13.8. The third kappa shape index (κ3) is 2.44. The Bertz CT molecular complexity index is 867. The fourth-order valence-electron chi connectivity index (χ4n) is 3.42. The molecule has 24 heavy (non-hydrogen) atoms. The van der Waals surface area contributed by atoms with Gasteiger partial charge in [0.25, 0.3) is 0 Å². The molecule has 1 aromatic carbocycles. The molecule has 4 rings (SSSR count). The van der Waals surface area contributed by atoms with Gasteiger partial charge in [-0.05, 0) is 38.9 Å². The zero-order valence-corrected chi connectivity index (χ0v) is 14.6. The van der Waals surface area contributed by atoms with Gasteiger partial charge in [0.2, 0.25) is 10.8 Å². The van der Waals surface area contributed by atoms with E-state index in [0.717, 1.165) is 34.2 Å². The van der Waals surface area contributed by atoms with Crippen LogP contribution in [0.15, 0.2) is 24.3 Å². The summed E-state index contributed by atoms with van der Waals surface area (Å²) in [6, 6.07) is 7.98. The van der Waals surface area contributed by atoms with E-state index in [1.54, 1.807) is 7.11 Å². The summed E-state index contributed by atoms with van der Waals surface area (Å²) < 4.78 is 7.12. The predicted molar refractivity (Wildman–Crippen MR) is 92.9 cm³/mol. The van der Waals surface area contributed by atoms with Crippen LogP contribution in [0.25, 0.3) is 4.96 Å². The molecule has 3 aromatic rings. The number of rotatable bonds is 4. The van der Waals surface area contributed by atoms with Gasteiger partial charge in [-0.25, -0.2) is 4.98 Å². The van der Waals surface area contributed by atoms with Crippen LogP contribution in [0.5, 0.6) is 11.6 Å². The molecule has 1 aliphatic rings. The molecule has 0 saturated carbocycles. The van der Waals surface area contributed by atoms with Crippen molar-refractivity contribution >= 4 is 16.3 Å². The van der Waals surface area contributed by atoms with Gasteiger partial charge in [-0.3, -0.25) is 4.90 Å². The molecule has 7 heteroatoms. The normalized spacial score (nSPS) is 16.8.